The maximum atomic E-state index is 13.6. The molecule has 4 rings (SSSR count). The molecule has 0 aromatic heterocycles. The number of Topliss-reactive ketones (excluding diaryl/α,β-unsaturated/α-hetero) is 1. The minimum Gasteiger partial charge on any atom is -0.325 e. The average Bonchev–Trinajstić information content (AvgIpc) is 3.00. The van der Waals surface area contributed by atoms with E-state index in [0.29, 0.717) is 6.42 Å². The van der Waals surface area contributed by atoms with Gasteiger partial charge < -0.3 is 10.1 Å². The van der Waals surface area contributed by atoms with Crippen molar-refractivity contribution in [2.24, 2.45) is 0 Å². The van der Waals surface area contributed by atoms with Crippen molar-refractivity contribution in [3.05, 3.63) is 101 Å². The zero-order valence-electron chi connectivity index (χ0n) is 16.2. The molecule has 0 spiro atoms. The van der Waals surface area contributed by atoms with Gasteiger partial charge in [0.15, 0.2) is 0 Å². The van der Waals surface area contributed by atoms with Gasteiger partial charge in [-0.2, -0.15) is 0 Å². The van der Waals surface area contributed by atoms with Crippen LogP contribution < -0.4 is 5.32 Å². The molecular formula is C25H22FNO2. The second-order valence-electron chi connectivity index (χ2n) is 7.64. The van der Waals surface area contributed by atoms with Gasteiger partial charge >= 0.3 is 0 Å². The summed E-state index contributed by atoms with van der Waals surface area (Å²) in [6.45, 7) is 1.53. The monoisotopic (exact) mass is 387 g/mol. The molecule has 0 radical (unpaired) electrons. The molecule has 1 aliphatic rings. The summed E-state index contributed by atoms with van der Waals surface area (Å²) in [5.41, 5.74) is 2.48. The van der Waals surface area contributed by atoms with Crippen molar-refractivity contribution in [1.29, 1.82) is 0 Å². The van der Waals surface area contributed by atoms with E-state index < -0.39 is 11.3 Å². The number of halogens is 1. The number of carbonyl (C=O) groups excluding carboxylic acids is 2. The molecule has 0 aliphatic carbocycles. The summed E-state index contributed by atoms with van der Waals surface area (Å²) in [6.07, 6.45) is 0.645. The molecule has 1 amide bonds. The van der Waals surface area contributed by atoms with Crippen LogP contribution in [0.4, 0.5) is 10.1 Å². The summed E-state index contributed by atoms with van der Waals surface area (Å²) >= 11 is 0. The molecule has 3 aromatic carbocycles. The summed E-state index contributed by atoms with van der Waals surface area (Å²) in [4.78, 5) is 25.8. The quantitative estimate of drug-likeness (QED) is 0.645. The van der Waals surface area contributed by atoms with Crippen LogP contribution in [0.1, 0.15) is 36.0 Å². The Hall–Kier alpha value is -3.27. The van der Waals surface area contributed by atoms with Crippen molar-refractivity contribution in [2.45, 2.75) is 31.1 Å². The number of nitrogens with one attached hydrogen (secondary N) is 1. The number of ketones is 1. The van der Waals surface area contributed by atoms with Gasteiger partial charge in [-0.1, -0.05) is 60.7 Å². The first-order valence-corrected chi connectivity index (χ1v) is 9.70. The van der Waals surface area contributed by atoms with Crippen LogP contribution in [0.5, 0.6) is 0 Å². The van der Waals surface area contributed by atoms with Gasteiger partial charge in [0.05, 0.1) is 5.41 Å². The SMILES string of the molecule is CC(=O)C[C@@H](c1ccc(F)cc1)[C@]1(Cc2ccccc2)C(=O)Nc2ccccc21. The topological polar surface area (TPSA) is 46.2 Å². The van der Waals surface area contributed by atoms with Crippen LogP contribution in [0.2, 0.25) is 0 Å². The third-order valence-corrected chi connectivity index (χ3v) is 5.75. The first-order valence-electron chi connectivity index (χ1n) is 9.70. The Balaban J connectivity index is 1.94. The van der Waals surface area contributed by atoms with Crippen molar-refractivity contribution in [1.82, 2.24) is 0 Å². The van der Waals surface area contributed by atoms with Crippen LogP contribution in [0, 0.1) is 5.82 Å². The second kappa shape index (κ2) is 7.63. The Kier molecular flexibility index (Phi) is 5.01. The smallest absolute Gasteiger partial charge is 0.236 e. The summed E-state index contributed by atoms with van der Waals surface area (Å²) in [6, 6.07) is 23.6. The molecule has 3 nitrogen and oxygen atoms in total. The minimum atomic E-state index is -0.957. The number of anilines is 1. The van der Waals surface area contributed by atoms with E-state index in [9.17, 15) is 14.0 Å². The first-order chi connectivity index (χ1) is 14.0. The van der Waals surface area contributed by atoms with Crippen molar-refractivity contribution in [3.8, 4) is 0 Å². The molecule has 29 heavy (non-hydrogen) atoms. The fraction of sp³-hybridized carbons (Fsp3) is 0.200. The normalized spacial score (nSPS) is 18.8. The van der Waals surface area contributed by atoms with E-state index in [4.69, 9.17) is 0 Å². The zero-order chi connectivity index (χ0) is 20.4. The van der Waals surface area contributed by atoms with E-state index in [1.54, 1.807) is 12.1 Å². The van der Waals surface area contributed by atoms with E-state index in [-0.39, 0.29) is 23.9 Å². The molecule has 0 saturated heterocycles. The van der Waals surface area contributed by atoms with Gasteiger partial charge in [0, 0.05) is 18.0 Å². The van der Waals surface area contributed by atoms with E-state index in [1.165, 1.54) is 19.1 Å². The molecule has 1 heterocycles. The Labute approximate surface area is 169 Å². The number of carbonyl (C=O) groups is 2. The second-order valence-corrected chi connectivity index (χ2v) is 7.64. The summed E-state index contributed by atoms with van der Waals surface area (Å²) in [7, 11) is 0. The molecule has 0 bridgehead atoms. The van der Waals surface area contributed by atoms with Gasteiger partial charge in [-0.25, -0.2) is 4.39 Å². The molecular weight excluding hydrogens is 365 g/mol. The molecule has 0 saturated carbocycles. The maximum Gasteiger partial charge on any atom is 0.236 e. The van der Waals surface area contributed by atoms with Crippen molar-refractivity contribution >= 4 is 17.4 Å². The van der Waals surface area contributed by atoms with E-state index in [1.807, 2.05) is 54.6 Å². The Morgan fingerprint density at radius 2 is 1.62 bits per heavy atom. The molecule has 4 heteroatoms. The van der Waals surface area contributed by atoms with Gasteiger partial charge in [-0.15, -0.1) is 0 Å². The predicted octanol–water partition coefficient (Wildman–Crippen LogP) is 5.02. The lowest BCUT2D eigenvalue weighted by molar-refractivity contribution is -0.122. The first kappa shape index (κ1) is 19.1. The molecule has 0 fully saturated rings. The van der Waals surface area contributed by atoms with Crippen LogP contribution in [0.25, 0.3) is 0 Å². The highest BCUT2D eigenvalue weighted by Gasteiger charge is 2.52. The van der Waals surface area contributed by atoms with Gasteiger partial charge in [-0.3, -0.25) is 4.79 Å². The third kappa shape index (κ3) is 3.46. The molecule has 0 unspecified atom stereocenters. The Bertz CT molecular complexity index is 1050. The van der Waals surface area contributed by atoms with Gasteiger partial charge in [0.1, 0.15) is 11.6 Å². The van der Waals surface area contributed by atoms with E-state index in [0.717, 1.165) is 22.4 Å². The average molecular weight is 387 g/mol. The minimum absolute atomic E-state index is 0.0102. The van der Waals surface area contributed by atoms with Crippen molar-refractivity contribution in [2.75, 3.05) is 5.32 Å². The largest absolute Gasteiger partial charge is 0.325 e. The maximum absolute atomic E-state index is 13.6. The highest BCUT2D eigenvalue weighted by molar-refractivity contribution is 6.07. The van der Waals surface area contributed by atoms with E-state index >= 15 is 0 Å². The van der Waals surface area contributed by atoms with Gasteiger partial charge in [0.2, 0.25) is 5.91 Å². The summed E-state index contributed by atoms with van der Waals surface area (Å²) in [5.74, 6) is -0.893. The highest BCUT2D eigenvalue weighted by atomic mass is 19.1. The zero-order valence-corrected chi connectivity index (χ0v) is 16.2. The number of hydrogen-bond donors (Lipinski definition) is 1. The predicted molar refractivity (Wildman–Crippen MR) is 111 cm³/mol. The van der Waals surface area contributed by atoms with E-state index in [2.05, 4.69) is 5.32 Å². The number of para-hydroxylation sites is 1. The fourth-order valence-electron chi connectivity index (χ4n) is 4.46. The number of rotatable bonds is 6. The van der Waals surface area contributed by atoms with Crippen LogP contribution in [0.3, 0.4) is 0 Å². The van der Waals surface area contributed by atoms with Crippen LogP contribution in [-0.2, 0) is 21.4 Å². The van der Waals surface area contributed by atoms with Crippen molar-refractivity contribution < 1.29 is 14.0 Å². The van der Waals surface area contributed by atoms with Crippen LogP contribution in [0.15, 0.2) is 78.9 Å². The number of hydrogen-bond acceptors (Lipinski definition) is 2. The van der Waals surface area contributed by atoms with Gasteiger partial charge in [0.25, 0.3) is 0 Å². The Morgan fingerprint density at radius 3 is 2.31 bits per heavy atom. The fourth-order valence-corrected chi connectivity index (χ4v) is 4.46. The van der Waals surface area contributed by atoms with Crippen LogP contribution in [-0.4, -0.2) is 11.7 Å². The van der Waals surface area contributed by atoms with Gasteiger partial charge in [-0.05, 0) is 48.2 Å². The number of benzene rings is 3. The lowest BCUT2D eigenvalue weighted by atomic mass is 9.63. The summed E-state index contributed by atoms with van der Waals surface area (Å²) < 4.78 is 13.6. The third-order valence-electron chi connectivity index (χ3n) is 5.75. The molecule has 1 N–H and O–H groups in total. The molecule has 2 atom stereocenters. The molecule has 146 valence electrons. The lowest BCUT2D eigenvalue weighted by Gasteiger charge is -2.36. The molecule has 3 aromatic rings. The van der Waals surface area contributed by atoms with Crippen LogP contribution >= 0.6 is 0 Å². The number of amides is 1. The van der Waals surface area contributed by atoms with Crippen molar-refractivity contribution in [3.63, 3.8) is 0 Å². The standard InChI is InChI=1S/C25H22FNO2/c1-17(28)15-22(19-11-13-20(26)14-12-19)25(16-18-7-3-2-4-8-18)21-9-5-6-10-23(21)27-24(25)29/h2-14,22H,15-16H2,1H3,(H,27,29)/t22-,25+/m0/s1. The molecule has 1 aliphatic heterocycles. The number of fused-ring (bicyclic) bond motifs is 1. The Morgan fingerprint density at radius 1 is 0.966 bits per heavy atom. The lowest BCUT2D eigenvalue weighted by Crippen LogP contribution is -2.43. The highest BCUT2D eigenvalue weighted by Crippen LogP contribution is 2.50. The summed E-state index contributed by atoms with van der Waals surface area (Å²) in [5, 5.41) is 3.02.